The van der Waals surface area contributed by atoms with Gasteiger partial charge in [0, 0.05) is 11.9 Å². The van der Waals surface area contributed by atoms with E-state index in [0.29, 0.717) is 5.69 Å². The van der Waals surface area contributed by atoms with E-state index in [1.807, 2.05) is 23.9 Å². The Labute approximate surface area is 101 Å². The summed E-state index contributed by atoms with van der Waals surface area (Å²) in [6.45, 7) is 4.46. The predicted molar refractivity (Wildman–Crippen MR) is 70.9 cm³/mol. The van der Waals surface area contributed by atoms with E-state index < -0.39 is 0 Å². The van der Waals surface area contributed by atoms with Crippen LogP contribution in [-0.4, -0.2) is 16.6 Å². The number of nitrogen functional groups attached to an aromatic ring is 1. The lowest BCUT2D eigenvalue weighted by molar-refractivity contribution is 0.637. The fourth-order valence-corrected chi connectivity index (χ4v) is 2.49. The largest absolute Gasteiger partial charge is 0.382 e. The molecule has 0 bridgehead atoms. The second kappa shape index (κ2) is 6.53. The zero-order valence-electron chi connectivity index (χ0n) is 9.86. The van der Waals surface area contributed by atoms with Crippen LogP contribution in [0.15, 0.2) is 18.3 Å². The van der Waals surface area contributed by atoms with Crippen molar-refractivity contribution in [1.29, 1.82) is 5.41 Å². The Bertz CT molecular complexity index is 352. The quantitative estimate of drug-likeness (QED) is 0.590. The van der Waals surface area contributed by atoms with Crippen LogP contribution in [-0.2, 0) is 5.75 Å². The van der Waals surface area contributed by atoms with Crippen molar-refractivity contribution >= 4 is 17.6 Å². The third-order valence-electron chi connectivity index (χ3n) is 2.50. The minimum absolute atomic E-state index is 0.0553. The summed E-state index contributed by atoms with van der Waals surface area (Å²) in [6, 6.07) is 3.89. The number of thioether (sulfide) groups is 1. The van der Waals surface area contributed by atoms with Gasteiger partial charge < -0.3 is 5.73 Å². The second-order valence-corrected chi connectivity index (χ2v) is 4.98. The summed E-state index contributed by atoms with van der Waals surface area (Å²) in [4.78, 5) is 4.13. The third kappa shape index (κ3) is 3.85. The Morgan fingerprint density at radius 3 is 3.00 bits per heavy atom. The molecule has 0 amide bonds. The van der Waals surface area contributed by atoms with Crippen LogP contribution in [0.4, 0.5) is 0 Å². The lowest BCUT2D eigenvalue weighted by Crippen LogP contribution is -2.15. The van der Waals surface area contributed by atoms with E-state index in [4.69, 9.17) is 11.1 Å². The molecule has 0 saturated heterocycles. The van der Waals surface area contributed by atoms with E-state index in [1.54, 1.807) is 6.20 Å². The molecule has 1 unspecified atom stereocenters. The molecular formula is C12H19N3S. The highest BCUT2D eigenvalue weighted by Crippen LogP contribution is 2.18. The summed E-state index contributed by atoms with van der Waals surface area (Å²) in [5, 5.41) is 7.44. The Hall–Kier alpha value is -1.03. The number of hydrogen-bond acceptors (Lipinski definition) is 3. The molecular weight excluding hydrogens is 218 g/mol. The van der Waals surface area contributed by atoms with E-state index in [0.717, 1.165) is 23.0 Å². The molecule has 0 spiro atoms. The standard InChI is InChI=1S/C12H19N3S/c1-3-9(2)7-16-8-10-5-4-6-15-11(10)12(13)14/h4-6,9H,3,7-8H2,1-2H3,(H3,13,14). The molecule has 0 radical (unpaired) electrons. The lowest BCUT2D eigenvalue weighted by Gasteiger charge is -2.09. The molecule has 0 aromatic carbocycles. The summed E-state index contributed by atoms with van der Waals surface area (Å²) < 4.78 is 0. The van der Waals surface area contributed by atoms with E-state index in [1.165, 1.54) is 6.42 Å². The predicted octanol–water partition coefficient (Wildman–Crippen LogP) is 2.64. The van der Waals surface area contributed by atoms with Gasteiger partial charge >= 0.3 is 0 Å². The van der Waals surface area contributed by atoms with Gasteiger partial charge in [0.05, 0.1) is 0 Å². The summed E-state index contributed by atoms with van der Waals surface area (Å²) in [6.07, 6.45) is 2.89. The van der Waals surface area contributed by atoms with Crippen LogP contribution in [0.1, 0.15) is 31.5 Å². The van der Waals surface area contributed by atoms with Gasteiger partial charge in [0.15, 0.2) is 0 Å². The molecule has 88 valence electrons. The average molecular weight is 237 g/mol. The minimum Gasteiger partial charge on any atom is -0.382 e. The Kier molecular flexibility index (Phi) is 5.32. The van der Waals surface area contributed by atoms with Crippen LogP contribution < -0.4 is 5.73 Å². The number of nitrogens with two attached hydrogens (primary N) is 1. The van der Waals surface area contributed by atoms with E-state index in [9.17, 15) is 0 Å². The molecule has 0 aliphatic rings. The van der Waals surface area contributed by atoms with Crippen molar-refractivity contribution in [3.05, 3.63) is 29.6 Å². The van der Waals surface area contributed by atoms with Crippen LogP contribution in [0.5, 0.6) is 0 Å². The van der Waals surface area contributed by atoms with Crippen LogP contribution in [0.3, 0.4) is 0 Å². The maximum Gasteiger partial charge on any atom is 0.142 e. The van der Waals surface area contributed by atoms with Crippen LogP contribution in [0.25, 0.3) is 0 Å². The number of nitrogens with one attached hydrogen (secondary N) is 1. The number of hydrogen-bond donors (Lipinski definition) is 2. The zero-order valence-corrected chi connectivity index (χ0v) is 10.7. The molecule has 1 heterocycles. The Morgan fingerprint density at radius 2 is 2.38 bits per heavy atom. The molecule has 1 rings (SSSR count). The summed E-state index contributed by atoms with van der Waals surface area (Å²) >= 11 is 1.88. The van der Waals surface area contributed by atoms with Crippen molar-refractivity contribution in [2.24, 2.45) is 11.7 Å². The van der Waals surface area contributed by atoms with E-state index in [2.05, 4.69) is 18.8 Å². The van der Waals surface area contributed by atoms with Crippen molar-refractivity contribution in [3.63, 3.8) is 0 Å². The monoisotopic (exact) mass is 237 g/mol. The fourth-order valence-electron chi connectivity index (χ4n) is 1.29. The van der Waals surface area contributed by atoms with Crippen molar-refractivity contribution in [2.45, 2.75) is 26.0 Å². The maximum atomic E-state index is 7.44. The molecule has 16 heavy (non-hydrogen) atoms. The molecule has 0 saturated carbocycles. The molecule has 4 heteroatoms. The number of aromatic nitrogens is 1. The molecule has 1 aromatic rings. The van der Waals surface area contributed by atoms with Gasteiger partial charge in [0.25, 0.3) is 0 Å². The summed E-state index contributed by atoms with van der Waals surface area (Å²) in [5.41, 5.74) is 7.17. The van der Waals surface area contributed by atoms with Gasteiger partial charge in [-0.15, -0.1) is 0 Å². The third-order valence-corrected chi connectivity index (χ3v) is 3.82. The lowest BCUT2D eigenvalue weighted by atomic mass is 10.2. The molecule has 0 aliphatic carbocycles. The fraction of sp³-hybridized carbons (Fsp3) is 0.500. The number of rotatable bonds is 6. The first-order chi connectivity index (χ1) is 7.65. The van der Waals surface area contributed by atoms with Crippen molar-refractivity contribution in [1.82, 2.24) is 4.98 Å². The summed E-state index contributed by atoms with van der Waals surface area (Å²) in [5.74, 6) is 2.82. The first-order valence-corrected chi connectivity index (χ1v) is 6.66. The number of amidine groups is 1. The van der Waals surface area contributed by atoms with Gasteiger partial charge in [0.2, 0.25) is 0 Å². The highest BCUT2D eigenvalue weighted by molar-refractivity contribution is 7.98. The minimum atomic E-state index is 0.0553. The molecule has 3 nitrogen and oxygen atoms in total. The van der Waals surface area contributed by atoms with Gasteiger partial charge in [0.1, 0.15) is 11.5 Å². The van der Waals surface area contributed by atoms with Gasteiger partial charge in [-0.05, 0) is 23.3 Å². The molecule has 0 fully saturated rings. The van der Waals surface area contributed by atoms with Gasteiger partial charge in [-0.25, -0.2) is 0 Å². The van der Waals surface area contributed by atoms with E-state index >= 15 is 0 Å². The van der Waals surface area contributed by atoms with Gasteiger partial charge in [-0.3, -0.25) is 10.4 Å². The summed E-state index contributed by atoms with van der Waals surface area (Å²) in [7, 11) is 0. The zero-order chi connectivity index (χ0) is 12.0. The maximum absolute atomic E-state index is 7.44. The normalized spacial score (nSPS) is 12.4. The first kappa shape index (κ1) is 13.0. The Balaban J connectivity index is 2.56. The Morgan fingerprint density at radius 1 is 1.62 bits per heavy atom. The topological polar surface area (TPSA) is 62.8 Å². The highest BCUT2D eigenvalue weighted by Gasteiger charge is 2.06. The molecule has 0 aliphatic heterocycles. The molecule has 1 aromatic heterocycles. The smallest absolute Gasteiger partial charge is 0.142 e. The average Bonchev–Trinajstić information content (AvgIpc) is 2.29. The van der Waals surface area contributed by atoms with Crippen molar-refractivity contribution < 1.29 is 0 Å². The van der Waals surface area contributed by atoms with Crippen LogP contribution >= 0.6 is 11.8 Å². The van der Waals surface area contributed by atoms with Crippen LogP contribution in [0, 0.1) is 11.3 Å². The molecule has 1 atom stereocenters. The van der Waals surface area contributed by atoms with Crippen LogP contribution in [0.2, 0.25) is 0 Å². The highest BCUT2D eigenvalue weighted by atomic mass is 32.2. The van der Waals surface area contributed by atoms with Crippen molar-refractivity contribution in [2.75, 3.05) is 5.75 Å². The molecule has 3 N–H and O–H groups in total. The van der Waals surface area contributed by atoms with Gasteiger partial charge in [-0.2, -0.15) is 11.8 Å². The van der Waals surface area contributed by atoms with E-state index in [-0.39, 0.29) is 5.84 Å². The van der Waals surface area contributed by atoms with Crippen molar-refractivity contribution in [3.8, 4) is 0 Å². The SMILES string of the molecule is CCC(C)CSCc1cccnc1C(=N)N. The second-order valence-electron chi connectivity index (χ2n) is 3.95. The van der Waals surface area contributed by atoms with Gasteiger partial charge in [-0.1, -0.05) is 26.3 Å². The number of nitrogens with zero attached hydrogens (tertiary/aromatic N) is 1. The number of pyridine rings is 1. The first-order valence-electron chi connectivity index (χ1n) is 5.51.